The van der Waals surface area contributed by atoms with Crippen LogP contribution in [0.5, 0.6) is 0 Å². The van der Waals surface area contributed by atoms with Gasteiger partial charge in [-0.15, -0.1) is 0 Å². The number of carbonyl (C=O) groups is 3. The summed E-state index contributed by atoms with van der Waals surface area (Å²) in [6.45, 7) is 1.42. The van der Waals surface area contributed by atoms with Crippen LogP contribution < -0.4 is 17.2 Å². The van der Waals surface area contributed by atoms with Crippen LogP contribution in [0, 0.1) is 0 Å². The lowest BCUT2D eigenvalue weighted by Gasteiger charge is -2.07. The third-order valence-electron chi connectivity index (χ3n) is 1.60. The van der Waals surface area contributed by atoms with Crippen LogP contribution in [0.15, 0.2) is 0 Å². The molecule has 0 bridgehead atoms. The van der Waals surface area contributed by atoms with Crippen molar-refractivity contribution in [3.8, 4) is 0 Å². The molecule has 0 rings (SSSR count). The first-order valence-electron chi connectivity index (χ1n) is 5.29. The standard InChI is InChI=1S/C6H12N2O4S2.C3H7NO2/c7-3(5(9)10)1-13-14-2-4(8)6(11)12;1-2(4)3(5)6/h3-4H,1-2,7-8H2,(H,9,10)(H,11,12);2H,4H2,1H3,(H,5,6). The fourth-order valence-corrected chi connectivity index (χ4v) is 2.61. The molecule has 0 aromatic heterocycles. The normalized spacial score (nSPS) is 14.4. The molecule has 0 radical (unpaired) electrons. The van der Waals surface area contributed by atoms with Gasteiger partial charge in [0.05, 0.1) is 0 Å². The van der Waals surface area contributed by atoms with Crippen molar-refractivity contribution in [2.45, 2.75) is 25.0 Å². The summed E-state index contributed by atoms with van der Waals surface area (Å²) in [7, 11) is 2.41. The van der Waals surface area contributed by atoms with Crippen LogP contribution in [0.25, 0.3) is 0 Å². The smallest absolute Gasteiger partial charge is 0.321 e. The molecule has 0 aromatic carbocycles. The van der Waals surface area contributed by atoms with Crippen LogP contribution in [-0.2, 0) is 14.4 Å². The van der Waals surface area contributed by atoms with Crippen molar-refractivity contribution in [3.63, 3.8) is 0 Å². The SMILES string of the molecule is CC(N)C(=O)O.NC(CSSCC(N)C(=O)O)C(=O)O. The van der Waals surface area contributed by atoms with Gasteiger partial charge in [0.15, 0.2) is 0 Å². The average molecular weight is 329 g/mol. The van der Waals surface area contributed by atoms with Crippen molar-refractivity contribution in [2.75, 3.05) is 11.5 Å². The predicted molar refractivity (Wildman–Crippen MR) is 77.4 cm³/mol. The first-order valence-corrected chi connectivity index (χ1v) is 7.78. The molecule has 0 aliphatic rings. The summed E-state index contributed by atoms with van der Waals surface area (Å²) >= 11 is 0. The second kappa shape index (κ2) is 11.8. The molecule has 3 unspecified atom stereocenters. The topological polar surface area (TPSA) is 190 Å². The van der Waals surface area contributed by atoms with Crippen molar-refractivity contribution in [1.29, 1.82) is 0 Å². The maximum absolute atomic E-state index is 10.3. The van der Waals surface area contributed by atoms with Gasteiger partial charge in [-0.2, -0.15) is 0 Å². The first-order chi connectivity index (χ1) is 9.09. The minimum absolute atomic E-state index is 0.229. The largest absolute Gasteiger partial charge is 0.480 e. The zero-order valence-corrected chi connectivity index (χ0v) is 12.4. The molecule has 0 heterocycles. The minimum atomic E-state index is -1.07. The van der Waals surface area contributed by atoms with E-state index in [-0.39, 0.29) is 11.5 Å². The number of hydrogen-bond donors (Lipinski definition) is 6. The molecule has 0 aliphatic carbocycles. The Labute approximate surface area is 123 Å². The third kappa shape index (κ3) is 13.4. The molecular weight excluding hydrogens is 310 g/mol. The Bertz CT molecular complexity index is 307. The van der Waals surface area contributed by atoms with Crippen molar-refractivity contribution >= 4 is 39.5 Å². The molecule has 118 valence electrons. The molecule has 0 saturated carbocycles. The Morgan fingerprint density at radius 1 is 0.850 bits per heavy atom. The van der Waals surface area contributed by atoms with E-state index in [9.17, 15) is 14.4 Å². The van der Waals surface area contributed by atoms with Gasteiger partial charge in [0.25, 0.3) is 0 Å². The molecule has 0 spiro atoms. The highest BCUT2D eigenvalue weighted by Gasteiger charge is 2.14. The van der Waals surface area contributed by atoms with Gasteiger partial charge in [0, 0.05) is 11.5 Å². The van der Waals surface area contributed by atoms with Gasteiger partial charge in [-0.05, 0) is 6.92 Å². The van der Waals surface area contributed by atoms with Crippen LogP contribution in [-0.4, -0.2) is 62.9 Å². The Kier molecular flexibility index (Phi) is 12.5. The Balaban J connectivity index is 0. The van der Waals surface area contributed by atoms with E-state index in [0.717, 1.165) is 0 Å². The van der Waals surface area contributed by atoms with E-state index >= 15 is 0 Å². The highest BCUT2D eigenvalue weighted by molar-refractivity contribution is 8.76. The Morgan fingerprint density at radius 2 is 1.10 bits per heavy atom. The molecule has 0 amide bonds. The van der Waals surface area contributed by atoms with E-state index in [1.165, 1.54) is 28.5 Å². The molecule has 9 N–H and O–H groups in total. The molecule has 3 atom stereocenters. The molecular formula is C9H19N3O6S2. The fraction of sp³-hybridized carbons (Fsp3) is 0.667. The fourth-order valence-electron chi connectivity index (χ4n) is 0.385. The minimum Gasteiger partial charge on any atom is -0.480 e. The zero-order chi connectivity index (χ0) is 16.3. The Hall–Kier alpha value is -1.01. The summed E-state index contributed by atoms with van der Waals surface area (Å²) in [4.78, 5) is 30.1. The molecule has 0 aromatic rings. The van der Waals surface area contributed by atoms with E-state index in [4.69, 9.17) is 32.5 Å². The van der Waals surface area contributed by atoms with Gasteiger partial charge in [-0.25, -0.2) is 0 Å². The second-order valence-corrected chi connectivity index (χ2v) is 6.14. The van der Waals surface area contributed by atoms with Crippen molar-refractivity contribution in [3.05, 3.63) is 0 Å². The van der Waals surface area contributed by atoms with Crippen LogP contribution in [0.3, 0.4) is 0 Å². The van der Waals surface area contributed by atoms with E-state index in [0.29, 0.717) is 0 Å². The van der Waals surface area contributed by atoms with Crippen LogP contribution in [0.4, 0.5) is 0 Å². The summed E-state index contributed by atoms with van der Waals surface area (Å²) < 4.78 is 0. The van der Waals surface area contributed by atoms with Crippen LogP contribution in [0.1, 0.15) is 6.92 Å². The van der Waals surface area contributed by atoms with E-state index < -0.39 is 36.0 Å². The monoisotopic (exact) mass is 329 g/mol. The lowest BCUT2D eigenvalue weighted by atomic mass is 10.4. The molecule has 0 aliphatic heterocycles. The van der Waals surface area contributed by atoms with Gasteiger partial charge < -0.3 is 32.5 Å². The van der Waals surface area contributed by atoms with E-state index in [1.54, 1.807) is 0 Å². The third-order valence-corrected chi connectivity index (χ3v) is 4.08. The second-order valence-electron chi connectivity index (χ2n) is 3.59. The van der Waals surface area contributed by atoms with Crippen LogP contribution in [0.2, 0.25) is 0 Å². The number of carboxylic acid groups (broad SMARTS) is 3. The first kappa shape index (κ1) is 21.3. The number of rotatable bonds is 8. The van der Waals surface area contributed by atoms with Gasteiger partial charge in [-0.1, -0.05) is 21.6 Å². The lowest BCUT2D eigenvalue weighted by molar-refractivity contribution is -0.138. The summed E-state index contributed by atoms with van der Waals surface area (Å²) in [5, 5.41) is 24.7. The molecule has 11 heteroatoms. The lowest BCUT2D eigenvalue weighted by Crippen LogP contribution is -2.33. The van der Waals surface area contributed by atoms with Crippen molar-refractivity contribution in [1.82, 2.24) is 0 Å². The number of carboxylic acids is 3. The quantitative estimate of drug-likeness (QED) is 0.227. The highest BCUT2D eigenvalue weighted by Crippen LogP contribution is 2.22. The molecule has 9 nitrogen and oxygen atoms in total. The van der Waals surface area contributed by atoms with Gasteiger partial charge >= 0.3 is 17.9 Å². The summed E-state index contributed by atoms with van der Waals surface area (Å²) in [5.41, 5.74) is 15.3. The van der Waals surface area contributed by atoms with Gasteiger partial charge in [-0.3, -0.25) is 14.4 Å². The van der Waals surface area contributed by atoms with E-state index in [2.05, 4.69) is 0 Å². The van der Waals surface area contributed by atoms with Gasteiger partial charge in [0.1, 0.15) is 18.1 Å². The maximum atomic E-state index is 10.3. The molecule has 0 fully saturated rings. The summed E-state index contributed by atoms with van der Waals surface area (Å²) in [5.74, 6) is -2.64. The average Bonchev–Trinajstić information content (AvgIpc) is 2.34. The Morgan fingerprint density at radius 3 is 1.25 bits per heavy atom. The zero-order valence-electron chi connectivity index (χ0n) is 10.8. The van der Waals surface area contributed by atoms with Crippen molar-refractivity contribution < 1.29 is 29.7 Å². The predicted octanol–water partition coefficient (Wildman–Crippen LogP) is -1.39. The van der Waals surface area contributed by atoms with Crippen LogP contribution >= 0.6 is 21.6 Å². The highest BCUT2D eigenvalue weighted by atomic mass is 33.1. The van der Waals surface area contributed by atoms with Gasteiger partial charge in [0.2, 0.25) is 0 Å². The number of hydrogen-bond acceptors (Lipinski definition) is 8. The number of nitrogens with two attached hydrogens (primary N) is 3. The summed E-state index contributed by atoms with van der Waals surface area (Å²) in [6, 6.07) is -2.58. The van der Waals surface area contributed by atoms with E-state index in [1.807, 2.05) is 0 Å². The molecule has 0 saturated heterocycles. The summed E-state index contributed by atoms with van der Waals surface area (Å²) in [6.07, 6.45) is 0. The number of aliphatic carboxylic acids is 3. The maximum Gasteiger partial charge on any atom is 0.321 e. The molecule has 20 heavy (non-hydrogen) atoms. The van der Waals surface area contributed by atoms with Crippen molar-refractivity contribution in [2.24, 2.45) is 17.2 Å².